The van der Waals surface area contributed by atoms with E-state index >= 15 is 0 Å². The van der Waals surface area contributed by atoms with Gasteiger partial charge in [0.2, 0.25) is 0 Å². The number of hydrogen-bond donors (Lipinski definition) is 2. The second kappa shape index (κ2) is 8.60. The van der Waals surface area contributed by atoms with Gasteiger partial charge in [0, 0.05) is 23.2 Å². The lowest BCUT2D eigenvalue weighted by Crippen LogP contribution is -2.37. The Morgan fingerprint density at radius 1 is 1.33 bits per heavy atom. The minimum atomic E-state index is -4.31. The molecule has 2 N–H and O–H groups in total. The van der Waals surface area contributed by atoms with Crippen LogP contribution in [-0.4, -0.2) is 37.5 Å². The molecule has 0 saturated heterocycles. The van der Waals surface area contributed by atoms with Gasteiger partial charge < -0.3 is 15.3 Å². The number of hydrogen-bond acceptors (Lipinski definition) is 3. The summed E-state index contributed by atoms with van der Waals surface area (Å²) in [6, 6.07) is 5.25. The van der Waals surface area contributed by atoms with Gasteiger partial charge in [-0.05, 0) is 30.7 Å². The van der Waals surface area contributed by atoms with Crippen LogP contribution < -0.4 is 10.2 Å². The van der Waals surface area contributed by atoms with Crippen LogP contribution in [-0.2, 0) is 6.54 Å². The fourth-order valence-electron chi connectivity index (χ4n) is 2.00. The van der Waals surface area contributed by atoms with Crippen molar-refractivity contribution in [1.29, 1.82) is 0 Å². The lowest BCUT2D eigenvalue weighted by atomic mass is 10.1. The van der Waals surface area contributed by atoms with Crippen molar-refractivity contribution in [2.75, 3.05) is 31.1 Å². The van der Waals surface area contributed by atoms with Crippen LogP contribution in [0.25, 0.3) is 0 Å². The van der Waals surface area contributed by atoms with E-state index in [-0.39, 0.29) is 13.2 Å². The molecule has 0 aliphatic heterocycles. The number of halogens is 4. The normalized spacial score (nSPS) is 11.7. The standard InChI is InChI=1S/C14H20BrF3N2O/c1-2-5-19-9-11-3-4-12(15)8-13(11)20(6-7-21)10-14(16,17)18/h3-4,8,19,21H,2,5-7,9-10H2,1H3. The minimum Gasteiger partial charge on any atom is -0.395 e. The molecule has 0 spiro atoms. The maximum Gasteiger partial charge on any atom is 0.405 e. The first kappa shape index (κ1) is 18.3. The molecule has 7 heteroatoms. The van der Waals surface area contributed by atoms with Crippen molar-refractivity contribution in [3.05, 3.63) is 28.2 Å². The molecule has 0 amide bonds. The molecule has 0 atom stereocenters. The van der Waals surface area contributed by atoms with Gasteiger partial charge in [-0.2, -0.15) is 13.2 Å². The SMILES string of the molecule is CCCNCc1ccc(Br)cc1N(CCO)CC(F)(F)F. The molecule has 0 aromatic heterocycles. The highest BCUT2D eigenvalue weighted by atomic mass is 79.9. The fourth-order valence-corrected chi connectivity index (χ4v) is 2.35. The van der Waals surface area contributed by atoms with E-state index in [0.29, 0.717) is 16.7 Å². The molecule has 3 nitrogen and oxygen atoms in total. The van der Waals surface area contributed by atoms with Gasteiger partial charge in [-0.3, -0.25) is 0 Å². The van der Waals surface area contributed by atoms with Crippen LogP contribution in [0.4, 0.5) is 18.9 Å². The molecule has 0 aliphatic carbocycles. The van der Waals surface area contributed by atoms with Crippen LogP contribution in [0.15, 0.2) is 22.7 Å². The number of alkyl halides is 3. The molecule has 0 aliphatic rings. The monoisotopic (exact) mass is 368 g/mol. The van der Waals surface area contributed by atoms with Gasteiger partial charge in [0.05, 0.1) is 6.61 Å². The first-order chi connectivity index (χ1) is 9.87. The van der Waals surface area contributed by atoms with Gasteiger partial charge in [0.15, 0.2) is 0 Å². The summed E-state index contributed by atoms with van der Waals surface area (Å²) >= 11 is 3.29. The molecular formula is C14H20BrF3N2O. The van der Waals surface area contributed by atoms with Crippen LogP contribution in [0.2, 0.25) is 0 Å². The van der Waals surface area contributed by atoms with Crippen molar-refractivity contribution in [3.63, 3.8) is 0 Å². The van der Waals surface area contributed by atoms with E-state index in [0.717, 1.165) is 23.4 Å². The number of aliphatic hydroxyl groups excluding tert-OH is 1. The fraction of sp³-hybridized carbons (Fsp3) is 0.571. The molecule has 1 aromatic carbocycles. The van der Waals surface area contributed by atoms with Gasteiger partial charge in [0.25, 0.3) is 0 Å². The van der Waals surface area contributed by atoms with Crippen molar-refractivity contribution in [2.24, 2.45) is 0 Å². The van der Waals surface area contributed by atoms with Crippen molar-refractivity contribution in [3.8, 4) is 0 Å². The van der Waals surface area contributed by atoms with Crippen LogP contribution in [0.1, 0.15) is 18.9 Å². The van der Waals surface area contributed by atoms with Crippen LogP contribution >= 0.6 is 15.9 Å². The third-order valence-corrected chi connectivity index (χ3v) is 3.36. The number of benzene rings is 1. The van der Waals surface area contributed by atoms with E-state index in [1.807, 2.05) is 6.92 Å². The van der Waals surface area contributed by atoms with Crippen LogP contribution in [0.3, 0.4) is 0 Å². The van der Waals surface area contributed by atoms with Gasteiger partial charge in [-0.15, -0.1) is 0 Å². The molecule has 0 fully saturated rings. The third kappa shape index (κ3) is 6.67. The Balaban J connectivity index is 3.00. The average Bonchev–Trinajstić information content (AvgIpc) is 2.38. The maximum atomic E-state index is 12.7. The van der Waals surface area contributed by atoms with Gasteiger partial charge in [0.1, 0.15) is 6.54 Å². The molecule has 1 aromatic rings. The maximum absolute atomic E-state index is 12.7. The second-order valence-electron chi connectivity index (χ2n) is 4.71. The quantitative estimate of drug-likeness (QED) is 0.691. The first-order valence-electron chi connectivity index (χ1n) is 6.79. The van der Waals surface area contributed by atoms with Crippen molar-refractivity contribution >= 4 is 21.6 Å². The highest BCUT2D eigenvalue weighted by Crippen LogP contribution is 2.28. The number of aliphatic hydroxyl groups is 1. The van der Waals surface area contributed by atoms with Crippen molar-refractivity contribution < 1.29 is 18.3 Å². The molecule has 0 bridgehead atoms. The van der Waals surface area contributed by atoms with Crippen LogP contribution in [0, 0.1) is 0 Å². The summed E-state index contributed by atoms with van der Waals surface area (Å²) < 4.78 is 38.8. The average molecular weight is 369 g/mol. The first-order valence-corrected chi connectivity index (χ1v) is 7.58. The van der Waals surface area contributed by atoms with E-state index in [9.17, 15) is 13.2 Å². The Morgan fingerprint density at radius 2 is 2.05 bits per heavy atom. The second-order valence-corrected chi connectivity index (χ2v) is 5.63. The molecular weight excluding hydrogens is 349 g/mol. The molecule has 0 saturated carbocycles. The molecule has 21 heavy (non-hydrogen) atoms. The molecule has 0 heterocycles. The zero-order valence-corrected chi connectivity index (χ0v) is 13.5. The molecule has 0 unspecified atom stereocenters. The number of nitrogens with one attached hydrogen (secondary N) is 1. The predicted molar refractivity (Wildman–Crippen MR) is 81.5 cm³/mol. The van der Waals surface area contributed by atoms with E-state index in [4.69, 9.17) is 5.11 Å². The predicted octanol–water partition coefficient (Wildman–Crippen LogP) is 3.31. The Hall–Kier alpha value is -0.790. The summed E-state index contributed by atoms with van der Waals surface area (Å²) in [5, 5.41) is 12.2. The number of nitrogens with zero attached hydrogens (tertiary/aromatic N) is 1. The number of rotatable bonds is 8. The van der Waals surface area contributed by atoms with Crippen molar-refractivity contribution in [1.82, 2.24) is 5.32 Å². The lowest BCUT2D eigenvalue weighted by Gasteiger charge is -2.27. The summed E-state index contributed by atoms with van der Waals surface area (Å²) in [5.74, 6) is 0. The summed E-state index contributed by atoms with van der Waals surface area (Å²) in [7, 11) is 0. The van der Waals surface area contributed by atoms with E-state index in [1.165, 1.54) is 0 Å². The molecule has 1 rings (SSSR count). The molecule has 0 radical (unpaired) electrons. The summed E-state index contributed by atoms with van der Waals surface area (Å²) in [6.45, 7) is 1.86. The third-order valence-electron chi connectivity index (χ3n) is 2.87. The van der Waals surface area contributed by atoms with Gasteiger partial charge in [-0.25, -0.2) is 0 Å². The Kier molecular flexibility index (Phi) is 7.48. The summed E-state index contributed by atoms with van der Waals surface area (Å²) in [5.41, 5.74) is 1.27. The van der Waals surface area contributed by atoms with Crippen molar-refractivity contribution in [2.45, 2.75) is 26.1 Å². The van der Waals surface area contributed by atoms with E-state index in [1.54, 1.807) is 18.2 Å². The highest BCUT2D eigenvalue weighted by Gasteiger charge is 2.31. The smallest absolute Gasteiger partial charge is 0.395 e. The Labute approximate surface area is 131 Å². The summed E-state index contributed by atoms with van der Waals surface area (Å²) in [6.07, 6.45) is -3.36. The van der Waals surface area contributed by atoms with Gasteiger partial charge >= 0.3 is 6.18 Å². The zero-order valence-electron chi connectivity index (χ0n) is 11.9. The Morgan fingerprint density at radius 3 is 2.62 bits per heavy atom. The minimum absolute atomic E-state index is 0.0588. The topological polar surface area (TPSA) is 35.5 Å². The Bertz CT molecular complexity index is 441. The largest absolute Gasteiger partial charge is 0.405 e. The van der Waals surface area contributed by atoms with E-state index < -0.39 is 12.7 Å². The number of anilines is 1. The molecule has 120 valence electrons. The van der Waals surface area contributed by atoms with E-state index in [2.05, 4.69) is 21.2 Å². The zero-order chi connectivity index (χ0) is 15.9. The summed E-state index contributed by atoms with van der Waals surface area (Å²) in [4.78, 5) is 1.16. The van der Waals surface area contributed by atoms with Crippen LogP contribution in [0.5, 0.6) is 0 Å². The van der Waals surface area contributed by atoms with Gasteiger partial charge in [-0.1, -0.05) is 28.9 Å². The lowest BCUT2D eigenvalue weighted by molar-refractivity contribution is -0.119. The highest BCUT2D eigenvalue weighted by molar-refractivity contribution is 9.10.